The van der Waals surface area contributed by atoms with Gasteiger partial charge < -0.3 is 10.2 Å². The molecule has 1 aliphatic carbocycles. The van der Waals surface area contributed by atoms with Crippen molar-refractivity contribution < 1.29 is 15.0 Å². The zero-order chi connectivity index (χ0) is 14.4. The summed E-state index contributed by atoms with van der Waals surface area (Å²) < 4.78 is 0. The molecule has 1 aliphatic rings. The van der Waals surface area contributed by atoms with Crippen molar-refractivity contribution in [1.82, 2.24) is 4.90 Å². The summed E-state index contributed by atoms with van der Waals surface area (Å²) in [6, 6.07) is 7.38. The molecule has 0 aromatic heterocycles. The number of hydrogen-bond donors (Lipinski definition) is 2. The van der Waals surface area contributed by atoms with Crippen LogP contribution in [0.2, 0.25) is 0 Å². The highest BCUT2D eigenvalue weighted by Gasteiger charge is 2.24. The van der Waals surface area contributed by atoms with Gasteiger partial charge in [0, 0.05) is 19.5 Å². The second-order valence-electron chi connectivity index (χ2n) is 5.70. The van der Waals surface area contributed by atoms with Crippen LogP contribution in [-0.4, -0.2) is 34.2 Å². The lowest BCUT2D eigenvalue weighted by Crippen LogP contribution is -2.26. The number of phenolic OH excluding ortho intramolecular Hbond substituents is 1. The predicted octanol–water partition coefficient (Wildman–Crippen LogP) is 2.86. The lowest BCUT2D eigenvalue weighted by molar-refractivity contribution is -0.137. The molecule has 4 nitrogen and oxygen atoms in total. The minimum atomic E-state index is -0.716. The molecule has 1 saturated carbocycles. The molecular weight excluding hydrogens is 254 g/mol. The van der Waals surface area contributed by atoms with E-state index in [9.17, 15) is 9.90 Å². The highest BCUT2D eigenvalue weighted by Crippen LogP contribution is 2.30. The number of hydrogen-bond acceptors (Lipinski definition) is 3. The van der Waals surface area contributed by atoms with Gasteiger partial charge in [-0.15, -0.1) is 0 Å². The lowest BCUT2D eigenvalue weighted by Gasteiger charge is -2.22. The Kier molecular flexibility index (Phi) is 5.41. The van der Waals surface area contributed by atoms with E-state index in [1.807, 2.05) is 12.1 Å². The summed E-state index contributed by atoms with van der Waals surface area (Å²) in [5.41, 5.74) is 1.11. The first-order chi connectivity index (χ1) is 9.63. The summed E-state index contributed by atoms with van der Waals surface area (Å²) in [6.45, 7) is 2.85. The van der Waals surface area contributed by atoms with Crippen molar-refractivity contribution >= 4 is 5.97 Å². The van der Waals surface area contributed by atoms with Crippen LogP contribution in [0.4, 0.5) is 0 Å². The van der Waals surface area contributed by atoms with Crippen LogP contribution in [0.15, 0.2) is 24.3 Å². The molecule has 110 valence electrons. The van der Waals surface area contributed by atoms with Gasteiger partial charge in [0.1, 0.15) is 5.75 Å². The lowest BCUT2D eigenvalue weighted by atomic mass is 10.1. The number of phenols is 1. The molecule has 20 heavy (non-hydrogen) atoms. The second kappa shape index (κ2) is 7.29. The van der Waals surface area contributed by atoms with Crippen molar-refractivity contribution in [2.24, 2.45) is 5.92 Å². The van der Waals surface area contributed by atoms with E-state index in [0.717, 1.165) is 44.0 Å². The zero-order valence-corrected chi connectivity index (χ0v) is 11.8. The van der Waals surface area contributed by atoms with E-state index in [-0.39, 0.29) is 6.42 Å². The molecule has 0 spiro atoms. The van der Waals surface area contributed by atoms with Gasteiger partial charge >= 0.3 is 5.97 Å². The van der Waals surface area contributed by atoms with E-state index >= 15 is 0 Å². The first-order valence-electron chi connectivity index (χ1n) is 7.35. The standard InChI is InChI=1S/C16H23NO3/c18-15-5-3-4-14(10-15)12-17(11-13-7-8-13)9-2-1-6-16(19)20/h3-5,10,13,18H,1-2,6-9,11-12H2,(H,19,20). The second-order valence-corrected chi connectivity index (χ2v) is 5.70. The minimum absolute atomic E-state index is 0.253. The first-order valence-corrected chi connectivity index (χ1v) is 7.35. The van der Waals surface area contributed by atoms with E-state index in [0.29, 0.717) is 5.75 Å². The Bertz CT molecular complexity index is 443. The monoisotopic (exact) mass is 277 g/mol. The van der Waals surface area contributed by atoms with E-state index in [4.69, 9.17) is 5.11 Å². The predicted molar refractivity (Wildman–Crippen MR) is 77.6 cm³/mol. The molecule has 2 N–H and O–H groups in total. The highest BCUT2D eigenvalue weighted by molar-refractivity contribution is 5.66. The van der Waals surface area contributed by atoms with E-state index in [2.05, 4.69) is 4.90 Å². The van der Waals surface area contributed by atoms with Gasteiger partial charge in [-0.2, -0.15) is 0 Å². The Labute approximate surface area is 120 Å². The average Bonchev–Trinajstić information content (AvgIpc) is 3.18. The van der Waals surface area contributed by atoms with E-state index < -0.39 is 5.97 Å². The van der Waals surface area contributed by atoms with Gasteiger partial charge in [0.05, 0.1) is 0 Å². The van der Waals surface area contributed by atoms with Crippen molar-refractivity contribution in [3.63, 3.8) is 0 Å². The van der Waals surface area contributed by atoms with Crippen LogP contribution in [0.25, 0.3) is 0 Å². The Morgan fingerprint density at radius 3 is 2.75 bits per heavy atom. The number of unbranched alkanes of at least 4 members (excludes halogenated alkanes) is 1. The van der Waals surface area contributed by atoms with Gasteiger partial charge in [0.15, 0.2) is 0 Å². The molecule has 0 saturated heterocycles. The molecule has 0 bridgehead atoms. The normalized spacial score (nSPS) is 14.7. The molecule has 2 rings (SSSR count). The van der Waals surface area contributed by atoms with E-state index in [1.165, 1.54) is 12.8 Å². The SMILES string of the molecule is O=C(O)CCCCN(Cc1cccc(O)c1)CC1CC1. The fourth-order valence-corrected chi connectivity index (χ4v) is 2.43. The molecule has 1 aromatic carbocycles. The Morgan fingerprint density at radius 1 is 1.30 bits per heavy atom. The largest absolute Gasteiger partial charge is 0.508 e. The fourth-order valence-electron chi connectivity index (χ4n) is 2.43. The summed E-state index contributed by atoms with van der Waals surface area (Å²) in [7, 11) is 0. The Hall–Kier alpha value is -1.55. The molecule has 0 atom stereocenters. The maximum atomic E-state index is 10.5. The molecule has 1 fully saturated rings. The van der Waals surface area contributed by atoms with Crippen molar-refractivity contribution in [2.45, 2.75) is 38.6 Å². The van der Waals surface area contributed by atoms with Crippen LogP contribution in [-0.2, 0) is 11.3 Å². The van der Waals surface area contributed by atoms with Crippen molar-refractivity contribution in [1.29, 1.82) is 0 Å². The van der Waals surface area contributed by atoms with Crippen molar-refractivity contribution in [2.75, 3.05) is 13.1 Å². The molecule has 0 heterocycles. The molecule has 0 aliphatic heterocycles. The summed E-state index contributed by atoms with van der Waals surface area (Å²) in [5.74, 6) is 0.401. The third-order valence-electron chi connectivity index (χ3n) is 3.65. The maximum absolute atomic E-state index is 10.5. The quantitative estimate of drug-likeness (QED) is 0.681. The number of aromatic hydroxyl groups is 1. The minimum Gasteiger partial charge on any atom is -0.508 e. The summed E-state index contributed by atoms with van der Waals surface area (Å²) >= 11 is 0. The Morgan fingerprint density at radius 2 is 2.10 bits per heavy atom. The smallest absolute Gasteiger partial charge is 0.303 e. The highest BCUT2D eigenvalue weighted by atomic mass is 16.4. The summed E-state index contributed by atoms with van der Waals surface area (Å²) in [6.07, 6.45) is 4.52. The van der Waals surface area contributed by atoms with Crippen molar-refractivity contribution in [3.8, 4) is 5.75 Å². The topological polar surface area (TPSA) is 60.8 Å². The van der Waals surface area contributed by atoms with Crippen LogP contribution in [0, 0.1) is 5.92 Å². The van der Waals surface area contributed by atoms with E-state index in [1.54, 1.807) is 12.1 Å². The van der Waals surface area contributed by atoms with Crippen LogP contribution < -0.4 is 0 Å². The first kappa shape index (κ1) is 14.9. The molecule has 0 radical (unpaired) electrons. The zero-order valence-electron chi connectivity index (χ0n) is 11.8. The number of aliphatic carboxylic acids is 1. The maximum Gasteiger partial charge on any atom is 0.303 e. The van der Waals surface area contributed by atoms with Gasteiger partial charge in [0.25, 0.3) is 0 Å². The third-order valence-corrected chi connectivity index (χ3v) is 3.65. The number of rotatable bonds is 9. The molecular formula is C16H23NO3. The number of benzene rings is 1. The van der Waals surface area contributed by atoms with Gasteiger partial charge in [-0.3, -0.25) is 9.69 Å². The number of carboxylic acids is 1. The summed E-state index contributed by atoms with van der Waals surface area (Å²) in [5, 5.41) is 18.2. The molecule has 0 unspecified atom stereocenters. The Balaban J connectivity index is 1.81. The summed E-state index contributed by atoms with van der Waals surface area (Å²) in [4.78, 5) is 12.9. The van der Waals surface area contributed by atoms with Crippen LogP contribution >= 0.6 is 0 Å². The van der Waals surface area contributed by atoms with Crippen LogP contribution in [0.3, 0.4) is 0 Å². The van der Waals surface area contributed by atoms with Gasteiger partial charge in [-0.05, 0) is 55.8 Å². The van der Waals surface area contributed by atoms with Crippen molar-refractivity contribution in [3.05, 3.63) is 29.8 Å². The van der Waals surface area contributed by atoms with Crippen LogP contribution in [0.1, 0.15) is 37.7 Å². The van der Waals surface area contributed by atoms with Gasteiger partial charge in [-0.25, -0.2) is 0 Å². The molecule has 4 heteroatoms. The van der Waals surface area contributed by atoms with Crippen LogP contribution in [0.5, 0.6) is 5.75 Å². The molecule has 1 aromatic rings. The van der Waals surface area contributed by atoms with Gasteiger partial charge in [-0.1, -0.05) is 12.1 Å². The fraction of sp³-hybridized carbons (Fsp3) is 0.562. The molecule has 0 amide bonds. The third kappa shape index (κ3) is 5.61. The van der Waals surface area contributed by atoms with Gasteiger partial charge in [0.2, 0.25) is 0 Å². The number of carbonyl (C=O) groups is 1. The number of carboxylic acid groups (broad SMARTS) is 1. The average molecular weight is 277 g/mol. The number of nitrogens with zero attached hydrogens (tertiary/aromatic N) is 1.